The summed E-state index contributed by atoms with van der Waals surface area (Å²) in [6.07, 6.45) is 8.58. The Morgan fingerprint density at radius 2 is 2.12 bits per heavy atom. The Bertz CT molecular complexity index is 1260. The average Bonchev–Trinajstić information content (AvgIpc) is 3.43. The highest BCUT2D eigenvalue weighted by Crippen LogP contribution is 2.45. The Balaban J connectivity index is 1.57. The number of halogens is 1. The van der Waals surface area contributed by atoms with Gasteiger partial charge >= 0.3 is 0 Å². The van der Waals surface area contributed by atoms with E-state index in [0.29, 0.717) is 18.1 Å². The molecule has 5 rings (SSSR count). The van der Waals surface area contributed by atoms with E-state index in [1.54, 1.807) is 4.68 Å². The zero-order valence-electron chi connectivity index (χ0n) is 17.9. The summed E-state index contributed by atoms with van der Waals surface area (Å²) in [6.45, 7) is 5.29. The Labute approximate surface area is 191 Å². The van der Waals surface area contributed by atoms with Crippen molar-refractivity contribution < 1.29 is 4.79 Å². The first-order valence-electron chi connectivity index (χ1n) is 10.5. The van der Waals surface area contributed by atoms with Crippen LogP contribution in [0.15, 0.2) is 48.7 Å². The average molecular weight is 450 g/mol. The molecule has 0 radical (unpaired) electrons. The number of hydrogen-bond donors (Lipinski definition) is 1. The van der Waals surface area contributed by atoms with Crippen LogP contribution < -0.4 is 5.73 Å². The molecule has 0 aliphatic carbocycles. The fourth-order valence-corrected chi connectivity index (χ4v) is 4.96. The summed E-state index contributed by atoms with van der Waals surface area (Å²) in [5.41, 5.74) is 7.90. The third-order valence-corrected chi connectivity index (χ3v) is 6.40. The van der Waals surface area contributed by atoms with E-state index in [4.69, 9.17) is 22.4 Å². The monoisotopic (exact) mass is 449 g/mol. The lowest BCUT2D eigenvalue weighted by Crippen LogP contribution is -2.46. The molecule has 4 heterocycles. The lowest BCUT2D eigenvalue weighted by atomic mass is 9.90. The molecule has 164 valence electrons. The zero-order chi connectivity index (χ0) is 22.5. The van der Waals surface area contributed by atoms with E-state index < -0.39 is 0 Å². The summed E-state index contributed by atoms with van der Waals surface area (Å²) >= 11 is 6.26. The minimum Gasteiger partial charge on any atom is -0.370 e. The third kappa shape index (κ3) is 3.40. The number of fused-ring (bicyclic) bond motifs is 3. The number of amides is 1. The molecule has 2 aromatic heterocycles. The van der Waals surface area contributed by atoms with E-state index in [-0.39, 0.29) is 23.9 Å². The predicted molar refractivity (Wildman–Crippen MR) is 122 cm³/mol. The van der Waals surface area contributed by atoms with Crippen molar-refractivity contribution in [1.82, 2.24) is 29.4 Å². The first kappa shape index (κ1) is 20.5. The molecule has 2 N–H and O–H groups in total. The van der Waals surface area contributed by atoms with E-state index in [9.17, 15) is 4.79 Å². The first-order chi connectivity index (χ1) is 15.3. The van der Waals surface area contributed by atoms with Crippen LogP contribution in [0.25, 0.3) is 11.8 Å². The van der Waals surface area contributed by atoms with Crippen molar-refractivity contribution in [3.05, 3.63) is 76.6 Å². The molecule has 2 aliphatic rings. The Hall–Kier alpha value is -3.39. The maximum atomic E-state index is 11.2. The van der Waals surface area contributed by atoms with E-state index >= 15 is 0 Å². The number of primary amides is 1. The molecule has 0 fully saturated rings. The number of rotatable bonds is 6. The van der Waals surface area contributed by atoms with Crippen LogP contribution in [0, 0.1) is 6.92 Å². The molecule has 0 saturated carbocycles. The van der Waals surface area contributed by atoms with Gasteiger partial charge in [-0.1, -0.05) is 29.8 Å². The number of carbonyl (C=O) groups excluding carboxylic acids is 1. The second-order valence-electron chi connectivity index (χ2n) is 8.44. The molecule has 32 heavy (non-hydrogen) atoms. The fraction of sp³-hybridized carbons (Fsp3) is 0.304. The van der Waals surface area contributed by atoms with E-state index in [1.807, 2.05) is 43.5 Å². The van der Waals surface area contributed by atoms with Gasteiger partial charge in [-0.15, -0.1) is 10.2 Å². The number of aryl methyl sites for hydroxylation is 2. The standard InChI is InChI=1S/C23H24ClN7O/c1-15-26-27-22-7-6-20-23(2,31(15)22)13-19(18-8-10-29(28-18)11-9-21(25)32)30(20)14-16-4-3-5-17(24)12-16/h3-8,10,12-13,20H,9,11,14H2,1-2H3,(H2,25,32). The molecule has 0 spiro atoms. The number of benzene rings is 1. The molecule has 1 amide bonds. The number of nitrogens with two attached hydrogens (primary N) is 1. The highest BCUT2D eigenvalue weighted by molar-refractivity contribution is 6.30. The molecular formula is C23H24ClN7O. The quantitative estimate of drug-likeness (QED) is 0.624. The summed E-state index contributed by atoms with van der Waals surface area (Å²) in [6, 6.07) is 9.93. The largest absolute Gasteiger partial charge is 0.370 e. The van der Waals surface area contributed by atoms with E-state index in [1.165, 1.54) is 0 Å². The molecule has 8 nitrogen and oxygen atoms in total. The van der Waals surface area contributed by atoms with Gasteiger partial charge in [0, 0.05) is 30.7 Å². The predicted octanol–water partition coefficient (Wildman–Crippen LogP) is 2.98. The molecule has 1 aromatic carbocycles. The number of aromatic nitrogens is 5. The van der Waals surface area contributed by atoms with Crippen molar-refractivity contribution in [2.75, 3.05) is 0 Å². The zero-order valence-corrected chi connectivity index (χ0v) is 18.7. The van der Waals surface area contributed by atoms with Crippen LogP contribution in [0.3, 0.4) is 0 Å². The van der Waals surface area contributed by atoms with Gasteiger partial charge in [0.2, 0.25) is 5.91 Å². The van der Waals surface area contributed by atoms with Crippen molar-refractivity contribution in [2.24, 2.45) is 5.73 Å². The fourth-order valence-electron chi connectivity index (χ4n) is 4.75. The molecule has 9 heteroatoms. The minimum atomic E-state index is -0.372. The van der Waals surface area contributed by atoms with Crippen LogP contribution in [0.5, 0.6) is 0 Å². The van der Waals surface area contributed by atoms with Gasteiger partial charge in [0.25, 0.3) is 0 Å². The van der Waals surface area contributed by atoms with Gasteiger partial charge in [-0.05, 0) is 49.8 Å². The van der Waals surface area contributed by atoms with Crippen LogP contribution in [0.4, 0.5) is 0 Å². The highest BCUT2D eigenvalue weighted by Gasteiger charge is 2.47. The van der Waals surface area contributed by atoms with Crippen LogP contribution in [0.1, 0.15) is 36.3 Å². The maximum Gasteiger partial charge on any atom is 0.219 e. The van der Waals surface area contributed by atoms with Crippen LogP contribution in [0.2, 0.25) is 5.02 Å². The molecule has 0 saturated heterocycles. The minimum absolute atomic E-state index is 0.0504. The van der Waals surface area contributed by atoms with Crippen molar-refractivity contribution in [1.29, 1.82) is 0 Å². The highest BCUT2D eigenvalue weighted by atomic mass is 35.5. The molecule has 2 unspecified atom stereocenters. The molecular weight excluding hydrogens is 426 g/mol. The summed E-state index contributed by atoms with van der Waals surface area (Å²) in [5.74, 6) is 1.36. The summed E-state index contributed by atoms with van der Waals surface area (Å²) in [4.78, 5) is 13.5. The lowest BCUT2D eigenvalue weighted by molar-refractivity contribution is -0.118. The smallest absolute Gasteiger partial charge is 0.219 e. The van der Waals surface area contributed by atoms with Gasteiger partial charge in [0.1, 0.15) is 11.5 Å². The van der Waals surface area contributed by atoms with Gasteiger partial charge in [0.05, 0.1) is 17.3 Å². The van der Waals surface area contributed by atoms with Gasteiger partial charge in [-0.3, -0.25) is 14.0 Å². The van der Waals surface area contributed by atoms with Gasteiger partial charge in [0.15, 0.2) is 5.82 Å². The van der Waals surface area contributed by atoms with Crippen LogP contribution in [-0.2, 0) is 23.4 Å². The third-order valence-electron chi connectivity index (χ3n) is 6.16. The Morgan fingerprint density at radius 1 is 1.28 bits per heavy atom. The van der Waals surface area contributed by atoms with E-state index in [2.05, 4.69) is 44.8 Å². The summed E-state index contributed by atoms with van der Waals surface area (Å²) in [5, 5.41) is 14.1. The number of carbonyl (C=O) groups is 1. The maximum absolute atomic E-state index is 11.2. The van der Waals surface area contributed by atoms with Crippen molar-refractivity contribution in [3.8, 4) is 0 Å². The molecule has 2 atom stereocenters. The Morgan fingerprint density at radius 3 is 2.91 bits per heavy atom. The molecule has 3 aromatic rings. The number of hydrogen-bond acceptors (Lipinski definition) is 5. The second kappa shape index (κ2) is 7.63. The SMILES string of the molecule is Cc1nnc2n1C1(C)C=C(c3ccn(CCC(N)=O)n3)N(Cc3cccc(Cl)c3)C1C=C2. The van der Waals surface area contributed by atoms with Crippen LogP contribution in [-0.4, -0.2) is 41.4 Å². The van der Waals surface area contributed by atoms with Gasteiger partial charge < -0.3 is 10.6 Å². The van der Waals surface area contributed by atoms with Crippen molar-refractivity contribution in [2.45, 2.75) is 44.9 Å². The molecule has 0 bridgehead atoms. The second-order valence-corrected chi connectivity index (χ2v) is 8.87. The lowest BCUT2D eigenvalue weighted by Gasteiger charge is -2.39. The topological polar surface area (TPSA) is 94.9 Å². The van der Waals surface area contributed by atoms with Gasteiger partial charge in [-0.25, -0.2) is 0 Å². The van der Waals surface area contributed by atoms with E-state index in [0.717, 1.165) is 28.6 Å². The summed E-state index contributed by atoms with van der Waals surface area (Å²) < 4.78 is 3.94. The number of nitrogens with zero attached hydrogens (tertiary/aromatic N) is 6. The van der Waals surface area contributed by atoms with Crippen LogP contribution >= 0.6 is 11.6 Å². The van der Waals surface area contributed by atoms with Crippen molar-refractivity contribution in [3.63, 3.8) is 0 Å². The first-order valence-corrected chi connectivity index (χ1v) is 10.9. The van der Waals surface area contributed by atoms with Gasteiger partial charge in [-0.2, -0.15) is 5.10 Å². The Kier molecular flexibility index (Phi) is 4.89. The summed E-state index contributed by atoms with van der Waals surface area (Å²) in [7, 11) is 0. The normalized spacial score (nSPS) is 21.4. The van der Waals surface area contributed by atoms with Crippen molar-refractivity contribution >= 4 is 29.3 Å². The molecule has 2 aliphatic heterocycles.